The zero-order valence-electron chi connectivity index (χ0n) is 15.1. The van der Waals surface area contributed by atoms with Gasteiger partial charge in [-0.15, -0.1) is 0 Å². The van der Waals surface area contributed by atoms with Crippen LogP contribution in [0.5, 0.6) is 0 Å². The van der Waals surface area contributed by atoms with Gasteiger partial charge in [0.05, 0.1) is 5.56 Å². The lowest BCUT2D eigenvalue weighted by atomic mass is 10.1. The fraction of sp³-hybridized carbons (Fsp3) is 0.0455. The summed E-state index contributed by atoms with van der Waals surface area (Å²) >= 11 is 6.15. The predicted octanol–water partition coefficient (Wildman–Crippen LogP) is 5.59. The SMILES string of the molecule is Cc1ccc(NC(=O)c2cccnc2Nc2ccc3ccncc3c2)cc1Cl. The number of benzene rings is 2. The van der Waals surface area contributed by atoms with Gasteiger partial charge in [-0.25, -0.2) is 4.98 Å². The summed E-state index contributed by atoms with van der Waals surface area (Å²) < 4.78 is 0. The third kappa shape index (κ3) is 3.80. The van der Waals surface area contributed by atoms with Crippen molar-refractivity contribution >= 4 is 45.5 Å². The quantitative estimate of drug-likeness (QED) is 0.478. The molecule has 0 spiro atoms. The van der Waals surface area contributed by atoms with E-state index in [0.29, 0.717) is 22.1 Å². The zero-order chi connectivity index (χ0) is 19.5. The van der Waals surface area contributed by atoms with Crippen molar-refractivity contribution < 1.29 is 4.79 Å². The molecule has 28 heavy (non-hydrogen) atoms. The Bertz CT molecular complexity index is 1180. The van der Waals surface area contributed by atoms with E-state index < -0.39 is 0 Å². The minimum absolute atomic E-state index is 0.266. The number of nitrogens with one attached hydrogen (secondary N) is 2. The Balaban J connectivity index is 1.60. The van der Waals surface area contributed by atoms with Crippen molar-refractivity contribution in [1.29, 1.82) is 0 Å². The number of halogens is 1. The monoisotopic (exact) mass is 388 g/mol. The highest BCUT2D eigenvalue weighted by atomic mass is 35.5. The van der Waals surface area contributed by atoms with E-state index in [4.69, 9.17) is 11.6 Å². The lowest BCUT2D eigenvalue weighted by Gasteiger charge is -2.12. The molecule has 0 radical (unpaired) electrons. The molecule has 2 heterocycles. The molecule has 0 aliphatic heterocycles. The number of pyridine rings is 2. The molecule has 0 fully saturated rings. The number of anilines is 3. The summed E-state index contributed by atoms with van der Waals surface area (Å²) in [4.78, 5) is 21.3. The van der Waals surface area contributed by atoms with Crippen molar-refractivity contribution in [3.8, 4) is 0 Å². The molecule has 0 bridgehead atoms. The van der Waals surface area contributed by atoms with Crippen LogP contribution in [-0.2, 0) is 0 Å². The van der Waals surface area contributed by atoms with Gasteiger partial charge in [0, 0.05) is 40.4 Å². The lowest BCUT2D eigenvalue weighted by molar-refractivity contribution is 0.102. The average Bonchev–Trinajstić information content (AvgIpc) is 2.71. The lowest BCUT2D eigenvalue weighted by Crippen LogP contribution is -2.14. The van der Waals surface area contributed by atoms with E-state index in [-0.39, 0.29) is 5.91 Å². The molecule has 1 amide bonds. The first kappa shape index (κ1) is 17.9. The van der Waals surface area contributed by atoms with E-state index >= 15 is 0 Å². The molecule has 6 heteroatoms. The van der Waals surface area contributed by atoms with E-state index in [2.05, 4.69) is 20.6 Å². The molecule has 0 aliphatic carbocycles. The van der Waals surface area contributed by atoms with Gasteiger partial charge < -0.3 is 10.6 Å². The first-order valence-electron chi connectivity index (χ1n) is 8.73. The van der Waals surface area contributed by atoms with Crippen molar-refractivity contribution in [2.24, 2.45) is 0 Å². The van der Waals surface area contributed by atoms with Gasteiger partial charge in [0.2, 0.25) is 0 Å². The van der Waals surface area contributed by atoms with Crippen molar-refractivity contribution in [3.05, 3.63) is 89.3 Å². The Hall–Kier alpha value is -3.44. The molecule has 0 atom stereocenters. The van der Waals surface area contributed by atoms with Crippen LogP contribution < -0.4 is 10.6 Å². The Morgan fingerprint density at radius 2 is 1.82 bits per heavy atom. The molecule has 2 aromatic heterocycles. The highest BCUT2D eigenvalue weighted by molar-refractivity contribution is 6.31. The summed E-state index contributed by atoms with van der Waals surface area (Å²) in [6, 6.07) is 16.7. The van der Waals surface area contributed by atoms with Crippen LogP contribution in [-0.4, -0.2) is 15.9 Å². The maximum absolute atomic E-state index is 12.8. The van der Waals surface area contributed by atoms with Gasteiger partial charge in [0.25, 0.3) is 5.91 Å². The molecule has 5 nitrogen and oxygen atoms in total. The molecule has 0 unspecified atom stereocenters. The van der Waals surface area contributed by atoms with Crippen LogP contribution >= 0.6 is 11.6 Å². The second-order valence-corrected chi connectivity index (χ2v) is 6.79. The van der Waals surface area contributed by atoms with Crippen LogP contribution in [0.1, 0.15) is 15.9 Å². The minimum atomic E-state index is -0.266. The summed E-state index contributed by atoms with van der Waals surface area (Å²) in [6.07, 6.45) is 5.20. The molecule has 2 aromatic carbocycles. The molecule has 0 saturated heterocycles. The molecule has 2 N–H and O–H groups in total. The highest BCUT2D eigenvalue weighted by Gasteiger charge is 2.13. The molecule has 138 valence electrons. The number of fused-ring (bicyclic) bond motifs is 1. The van der Waals surface area contributed by atoms with Gasteiger partial charge >= 0.3 is 0 Å². The van der Waals surface area contributed by atoms with Crippen molar-refractivity contribution in [1.82, 2.24) is 9.97 Å². The second kappa shape index (κ2) is 7.66. The fourth-order valence-electron chi connectivity index (χ4n) is 2.86. The Kier molecular flexibility index (Phi) is 4.91. The number of carbonyl (C=O) groups excluding carboxylic acids is 1. The maximum Gasteiger partial charge on any atom is 0.259 e. The van der Waals surface area contributed by atoms with Gasteiger partial charge in [-0.3, -0.25) is 9.78 Å². The van der Waals surface area contributed by atoms with Gasteiger partial charge in [0.15, 0.2) is 0 Å². The predicted molar refractivity (Wildman–Crippen MR) is 113 cm³/mol. The number of aryl methyl sites for hydroxylation is 1. The number of hydrogen-bond donors (Lipinski definition) is 2. The van der Waals surface area contributed by atoms with Gasteiger partial charge in [0.1, 0.15) is 5.82 Å². The number of carbonyl (C=O) groups is 1. The van der Waals surface area contributed by atoms with Crippen LogP contribution in [0.3, 0.4) is 0 Å². The second-order valence-electron chi connectivity index (χ2n) is 6.38. The summed E-state index contributed by atoms with van der Waals surface area (Å²) in [5.41, 5.74) is 2.85. The standard InChI is InChI=1S/C22H17ClN4O/c1-14-4-6-18(12-20(14)23)27-22(28)19-3-2-9-25-21(19)26-17-7-5-15-8-10-24-13-16(15)11-17/h2-13H,1H3,(H,25,26)(H,27,28). The number of rotatable bonds is 4. The van der Waals surface area contributed by atoms with Crippen molar-refractivity contribution in [2.75, 3.05) is 10.6 Å². The molecule has 0 saturated carbocycles. The van der Waals surface area contributed by atoms with Gasteiger partial charge in [-0.05, 0) is 60.3 Å². The summed E-state index contributed by atoms with van der Waals surface area (Å²) in [5.74, 6) is 0.208. The van der Waals surface area contributed by atoms with E-state index in [0.717, 1.165) is 22.0 Å². The number of hydrogen-bond acceptors (Lipinski definition) is 4. The average molecular weight is 389 g/mol. The molecular weight excluding hydrogens is 372 g/mol. The first-order chi connectivity index (χ1) is 13.6. The normalized spacial score (nSPS) is 10.6. The van der Waals surface area contributed by atoms with Gasteiger partial charge in [-0.2, -0.15) is 0 Å². The summed E-state index contributed by atoms with van der Waals surface area (Å²) in [6.45, 7) is 1.91. The van der Waals surface area contributed by atoms with E-state index in [1.807, 2.05) is 43.3 Å². The molecule has 4 aromatic rings. The summed E-state index contributed by atoms with van der Waals surface area (Å²) in [5, 5.41) is 8.80. The Labute approximate surface area is 167 Å². The van der Waals surface area contributed by atoms with E-state index in [9.17, 15) is 4.79 Å². The zero-order valence-corrected chi connectivity index (χ0v) is 15.9. The highest BCUT2D eigenvalue weighted by Crippen LogP contribution is 2.24. The van der Waals surface area contributed by atoms with Crippen molar-refractivity contribution in [2.45, 2.75) is 6.92 Å². The first-order valence-corrected chi connectivity index (χ1v) is 9.11. The largest absolute Gasteiger partial charge is 0.340 e. The fourth-order valence-corrected chi connectivity index (χ4v) is 3.04. The molecule has 4 rings (SSSR count). The third-order valence-corrected chi connectivity index (χ3v) is 4.79. The Morgan fingerprint density at radius 1 is 0.964 bits per heavy atom. The number of amides is 1. The molecule has 0 aliphatic rings. The van der Waals surface area contributed by atoms with Crippen molar-refractivity contribution in [3.63, 3.8) is 0 Å². The smallest absolute Gasteiger partial charge is 0.259 e. The summed E-state index contributed by atoms with van der Waals surface area (Å²) in [7, 11) is 0. The van der Waals surface area contributed by atoms with Crippen LogP contribution in [0.25, 0.3) is 10.8 Å². The Morgan fingerprint density at radius 3 is 2.68 bits per heavy atom. The van der Waals surface area contributed by atoms with Crippen LogP contribution in [0.2, 0.25) is 5.02 Å². The topological polar surface area (TPSA) is 66.9 Å². The number of nitrogens with zero attached hydrogens (tertiary/aromatic N) is 2. The van der Waals surface area contributed by atoms with Gasteiger partial charge in [-0.1, -0.05) is 23.7 Å². The van der Waals surface area contributed by atoms with Crippen LogP contribution in [0.4, 0.5) is 17.2 Å². The van der Waals surface area contributed by atoms with Crippen LogP contribution in [0.15, 0.2) is 73.2 Å². The maximum atomic E-state index is 12.8. The van der Waals surface area contributed by atoms with E-state index in [1.165, 1.54) is 0 Å². The third-order valence-electron chi connectivity index (χ3n) is 4.39. The minimum Gasteiger partial charge on any atom is -0.340 e. The number of aromatic nitrogens is 2. The van der Waals surface area contributed by atoms with E-state index in [1.54, 1.807) is 36.8 Å². The molecular formula is C22H17ClN4O. The van der Waals surface area contributed by atoms with Crippen LogP contribution in [0, 0.1) is 6.92 Å².